The van der Waals surface area contributed by atoms with Crippen LogP contribution in [0.2, 0.25) is 0 Å². The maximum Gasteiger partial charge on any atom is 0.332 e. The van der Waals surface area contributed by atoms with Gasteiger partial charge >= 0.3 is 5.69 Å². The summed E-state index contributed by atoms with van der Waals surface area (Å²) in [6.45, 7) is 5.94. The average molecular weight is 281 g/mol. The minimum absolute atomic E-state index is 0.0552. The van der Waals surface area contributed by atoms with Crippen LogP contribution in [0.4, 0.5) is 17.5 Å². The molecule has 0 saturated carbocycles. The van der Waals surface area contributed by atoms with Gasteiger partial charge in [-0.3, -0.25) is 15.5 Å². The molecule has 0 amide bonds. The first kappa shape index (κ1) is 14.4. The van der Waals surface area contributed by atoms with Crippen LogP contribution in [0, 0.1) is 17.0 Å². The standard InChI is InChI=1S/C11H19N7O2/c1-7-6-16(3)4-5-17(7)10-9(18(19)20)8(2)13-11(14-10)15-12/h7H,4-6,12H2,1-3H3,(H,13,14,15). The molecule has 9 heteroatoms. The molecule has 1 aliphatic heterocycles. The normalized spacial score (nSPS) is 20.0. The number of hydrogen-bond acceptors (Lipinski definition) is 8. The zero-order chi connectivity index (χ0) is 14.9. The molecule has 110 valence electrons. The van der Waals surface area contributed by atoms with E-state index in [1.807, 2.05) is 18.9 Å². The number of anilines is 2. The third-order valence-electron chi connectivity index (χ3n) is 3.45. The zero-order valence-electron chi connectivity index (χ0n) is 11.8. The highest BCUT2D eigenvalue weighted by Crippen LogP contribution is 2.31. The molecular formula is C11H19N7O2. The van der Waals surface area contributed by atoms with E-state index < -0.39 is 4.92 Å². The fraction of sp³-hybridized carbons (Fsp3) is 0.636. The maximum absolute atomic E-state index is 11.3. The Morgan fingerprint density at radius 2 is 2.15 bits per heavy atom. The van der Waals surface area contributed by atoms with Crippen molar-refractivity contribution in [3.05, 3.63) is 15.8 Å². The molecule has 3 N–H and O–H groups in total. The van der Waals surface area contributed by atoms with Gasteiger partial charge in [0.2, 0.25) is 11.8 Å². The van der Waals surface area contributed by atoms with Gasteiger partial charge in [-0.1, -0.05) is 0 Å². The van der Waals surface area contributed by atoms with Crippen LogP contribution in [0.15, 0.2) is 0 Å². The number of hydrogen-bond donors (Lipinski definition) is 2. The van der Waals surface area contributed by atoms with Crippen molar-refractivity contribution in [2.75, 3.05) is 37.0 Å². The highest BCUT2D eigenvalue weighted by Gasteiger charge is 2.31. The number of hydrazine groups is 1. The number of nitrogens with one attached hydrogen (secondary N) is 1. The molecule has 1 unspecified atom stereocenters. The van der Waals surface area contributed by atoms with E-state index >= 15 is 0 Å². The lowest BCUT2D eigenvalue weighted by molar-refractivity contribution is -0.385. The predicted octanol–water partition coefficient (Wildman–Crippen LogP) is 0.119. The minimum atomic E-state index is -0.435. The van der Waals surface area contributed by atoms with E-state index in [-0.39, 0.29) is 17.7 Å². The number of aryl methyl sites for hydroxylation is 1. The third kappa shape index (κ3) is 2.63. The van der Waals surface area contributed by atoms with Crippen LogP contribution in [-0.2, 0) is 0 Å². The summed E-state index contributed by atoms with van der Waals surface area (Å²) in [5.41, 5.74) is 2.60. The summed E-state index contributed by atoms with van der Waals surface area (Å²) in [6, 6.07) is 0.132. The summed E-state index contributed by atoms with van der Waals surface area (Å²) in [6.07, 6.45) is 0. The number of aromatic nitrogens is 2. The predicted molar refractivity (Wildman–Crippen MR) is 75.5 cm³/mol. The Kier molecular flexibility index (Phi) is 4.00. The molecule has 1 fully saturated rings. The molecule has 0 spiro atoms. The Hall–Kier alpha value is -2.00. The second-order valence-electron chi connectivity index (χ2n) is 5.01. The molecule has 2 rings (SSSR count). The van der Waals surface area contributed by atoms with Crippen LogP contribution in [0.1, 0.15) is 12.6 Å². The molecule has 1 saturated heterocycles. The van der Waals surface area contributed by atoms with E-state index in [1.165, 1.54) is 0 Å². The number of nitrogens with zero attached hydrogens (tertiary/aromatic N) is 5. The molecule has 0 aromatic carbocycles. The monoisotopic (exact) mass is 281 g/mol. The third-order valence-corrected chi connectivity index (χ3v) is 3.45. The summed E-state index contributed by atoms with van der Waals surface area (Å²) in [7, 11) is 2.03. The van der Waals surface area contributed by atoms with Crippen molar-refractivity contribution < 1.29 is 4.92 Å². The van der Waals surface area contributed by atoms with Crippen LogP contribution in [0.3, 0.4) is 0 Å². The second kappa shape index (κ2) is 5.55. The van der Waals surface area contributed by atoms with Crippen molar-refractivity contribution in [1.82, 2.24) is 14.9 Å². The lowest BCUT2D eigenvalue weighted by Crippen LogP contribution is -2.51. The quantitative estimate of drug-likeness (QED) is 0.456. The number of nitrogens with two attached hydrogens (primary N) is 1. The fourth-order valence-corrected chi connectivity index (χ4v) is 2.48. The van der Waals surface area contributed by atoms with Gasteiger partial charge in [-0.15, -0.1) is 0 Å². The van der Waals surface area contributed by atoms with Crippen molar-refractivity contribution in [3.8, 4) is 0 Å². The smallest absolute Gasteiger partial charge is 0.332 e. The van der Waals surface area contributed by atoms with Gasteiger partial charge in [0.1, 0.15) is 5.69 Å². The zero-order valence-corrected chi connectivity index (χ0v) is 11.8. The van der Waals surface area contributed by atoms with E-state index in [2.05, 4.69) is 20.3 Å². The number of rotatable bonds is 3. The lowest BCUT2D eigenvalue weighted by atomic mass is 10.2. The summed E-state index contributed by atoms with van der Waals surface area (Å²) < 4.78 is 0. The summed E-state index contributed by atoms with van der Waals surface area (Å²) in [5.74, 6) is 5.85. The molecule has 9 nitrogen and oxygen atoms in total. The highest BCUT2D eigenvalue weighted by molar-refractivity contribution is 5.63. The SMILES string of the molecule is Cc1nc(NN)nc(N2CCN(C)CC2C)c1[N+](=O)[O-]. The van der Waals surface area contributed by atoms with Gasteiger partial charge in [-0.05, 0) is 20.9 Å². The summed E-state index contributed by atoms with van der Waals surface area (Å²) in [5, 5.41) is 11.3. The summed E-state index contributed by atoms with van der Waals surface area (Å²) in [4.78, 5) is 23.2. The van der Waals surface area contributed by atoms with Gasteiger partial charge < -0.3 is 9.80 Å². The fourth-order valence-electron chi connectivity index (χ4n) is 2.48. The number of nitro groups is 1. The first-order valence-electron chi connectivity index (χ1n) is 6.39. The van der Waals surface area contributed by atoms with Crippen LogP contribution >= 0.6 is 0 Å². The van der Waals surface area contributed by atoms with Crippen molar-refractivity contribution in [2.45, 2.75) is 19.9 Å². The van der Waals surface area contributed by atoms with Crippen molar-refractivity contribution >= 4 is 17.5 Å². The first-order chi connectivity index (χ1) is 9.43. The first-order valence-corrected chi connectivity index (χ1v) is 6.39. The molecule has 0 radical (unpaired) electrons. The maximum atomic E-state index is 11.3. The molecule has 0 aliphatic carbocycles. The topological polar surface area (TPSA) is 113 Å². The Balaban J connectivity index is 2.48. The van der Waals surface area contributed by atoms with E-state index in [0.717, 1.165) is 13.1 Å². The van der Waals surface area contributed by atoms with Crippen LogP contribution < -0.4 is 16.2 Å². The molecule has 1 atom stereocenters. The van der Waals surface area contributed by atoms with E-state index in [9.17, 15) is 10.1 Å². The van der Waals surface area contributed by atoms with Gasteiger partial charge in [-0.2, -0.15) is 4.98 Å². The van der Waals surface area contributed by atoms with E-state index in [4.69, 9.17) is 5.84 Å². The van der Waals surface area contributed by atoms with E-state index in [1.54, 1.807) is 6.92 Å². The minimum Gasteiger partial charge on any atom is -0.345 e. The molecule has 20 heavy (non-hydrogen) atoms. The Morgan fingerprint density at radius 3 is 2.70 bits per heavy atom. The molecule has 1 aromatic rings. The van der Waals surface area contributed by atoms with Gasteiger partial charge in [-0.25, -0.2) is 10.8 Å². The molecule has 1 aromatic heterocycles. The highest BCUT2D eigenvalue weighted by atomic mass is 16.6. The van der Waals surface area contributed by atoms with Gasteiger partial charge in [0.05, 0.1) is 4.92 Å². The van der Waals surface area contributed by atoms with Crippen LogP contribution in [0.25, 0.3) is 0 Å². The van der Waals surface area contributed by atoms with Crippen molar-refractivity contribution in [2.24, 2.45) is 5.84 Å². The van der Waals surface area contributed by atoms with Gasteiger partial charge in [0.25, 0.3) is 0 Å². The number of nitrogen functional groups attached to an aromatic ring is 1. The van der Waals surface area contributed by atoms with Gasteiger partial charge in [0.15, 0.2) is 0 Å². The van der Waals surface area contributed by atoms with Crippen LogP contribution in [0.5, 0.6) is 0 Å². The molecule has 2 heterocycles. The average Bonchev–Trinajstić information content (AvgIpc) is 2.37. The van der Waals surface area contributed by atoms with Crippen molar-refractivity contribution in [3.63, 3.8) is 0 Å². The molecular weight excluding hydrogens is 262 g/mol. The number of piperazine rings is 1. The molecule has 0 bridgehead atoms. The largest absolute Gasteiger partial charge is 0.345 e. The number of likely N-dealkylation sites (N-methyl/N-ethyl adjacent to an activating group) is 1. The molecule has 1 aliphatic rings. The van der Waals surface area contributed by atoms with E-state index in [0.29, 0.717) is 18.1 Å². The Morgan fingerprint density at radius 1 is 1.45 bits per heavy atom. The Bertz CT molecular complexity index is 522. The Labute approximate surface area is 116 Å². The summed E-state index contributed by atoms with van der Waals surface area (Å²) >= 11 is 0. The van der Waals surface area contributed by atoms with Gasteiger partial charge in [0, 0.05) is 25.7 Å². The second-order valence-corrected chi connectivity index (χ2v) is 5.01. The van der Waals surface area contributed by atoms with Crippen molar-refractivity contribution in [1.29, 1.82) is 0 Å². The van der Waals surface area contributed by atoms with Crippen LogP contribution in [-0.4, -0.2) is 52.5 Å². The lowest BCUT2D eigenvalue weighted by Gasteiger charge is -2.38.